The first-order valence-corrected chi connectivity index (χ1v) is 16.0. The van der Waals surface area contributed by atoms with Crippen molar-refractivity contribution in [2.45, 2.75) is 6.54 Å². The summed E-state index contributed by atoms with van der Waals surface area (Å²) in [4.78, 5) is 15.4. The van der Waals surface area contributed by atoms with Crippen molar-refractivity contribution in [2.24, 2.45) is 0 Å². The highest BCUT2D eigenvalue weighted by Crippen LogP contribution is 2.41. The van der Waals surface area contributed by atoms with Gasteiger partial charge in [-0.15, -0.1) is 0 Å². The topological polar surface area (TPSA) is 77.0 Å². The Balaban J connectivity index is 1.22. The second-order valence-corrected chi connectivity index (χ2v) is 12.0. The number of nitrogens with one attached hydrogen (secondary N) is 1. The molecule has 0 saturated carbocycles. The van der Waals surface area contributed by atoms with Gasteiger partial charge in [-0.1, -0.05) is 109 Å². The minimum Gasteiger partial charge on any atom is -0.456 e. The first-order valence-electron chi connectivity index (χ1n) is 16.0. The minimum atomic E-state index is 0.602. The zero-order valence-corrected chi connectivity index (χ0v) is 25.6. The van der Waals surface area contributed by atoms with E-state index in [1.54, 1.807) is 0 Å². The van der Waals surface area contributed by atoms with Gasteiger partial charge >= 0.3 is 0 Å². The molecule has 0 spiro atoms. The summed E-state index contributed by atoms with van der Waals surface area (Å²) in [6, 6.07) is 43.5. The zero-order valence-electron chi connectivity index (χ0n) is 25.6. The van der Waals surface area contributed by atoms with Gasteiger partial charge in [-0.3, -0.25) is 0 Å². The number of aromatic nitrogens is 3. The van der Waals surface area contributed by atoms with Crippen LogP contribution in [0, 0.1) is 0 Å². The summed E-state index contributed by atoms with van der Waals surface area (Å²) in [5.41, 5.74) is 8.69. The molecule has 226 valence electrons. The van der Waals surface area contributed by atoms with E-state index in [0.29, 0.717) is 24.0 Å². The van der Waals surface area contributed by atoms with Crippen LogP contribution in [-0.4, -0.2) is 15.0 Å². The Morgan fingerprint density at radius 3 is 1.92 bits per heavy atom. The predicted octanol–water partition coefficient (Wildman–Crippen LogP) is 10.4. The third-order valence-electron chi connectivity index (χ3n) is 9.24. The van der Waals surface area contributed by atoms with Crippen molar-refractivity contribution < 1.29 is 8.83 Å². The number of furan rings is 2. The quantitative estimate of drug-likeness (QED) is 0.211. The Morgan fingerprint density at radius 1 is 0.458 bits per heavy atom. The predicted molar refractivity (Wildman–Crippen MR) is 192 cm³/mol. The molecule has 4 heterocycles. The van der Waals surface area contributed by atoms with Gasteiger partial charge in [-0.2, -0.15) is 0 Å². The molecule has 0 atom stereocenters. The standard InChI is InChI=1S/C42H26N4O2/c1-2-10-25(11-3-1)40-44-41(46-42(45-40)32-18-9-21-37-39(32)33-24-43-23-22-35(33)48-37)30-17-7-13-26-27(14-6-15-28(26)30)29-16-8-20-36-38(29)31-12-4-5-19-34(31)47-36/h1-23,43H,24H2. The van der Waals surface area contributed by atoms with Crippen molar-refractivity contribution >= 4 is 49.8 Å². The number of fused-ring (bicyclic) bond motifs is 7. The van der Waals surface area contributed by atoms with Gasteiger partial charge in [0.1, 0.15) is 22.5 Å². The van der Waals surface area contributed by atoms with Crippen molar-refractivity contribution in [2.75, 3.05) is 0 Å². The molecular weight excluding hydrogens is 592 g/mol. The van der Waals surface area contributed by atoms with E-state index in [4.69, 9.17) is 23.8 Å². The smallest absolute Gasteiger partial charge is 0.164 e. The molecule has 0 aliphatic carbocycles. The molecule has 0 unspecified atom stereocenters. The maximum absolute atomic E-state index is 6.25. The summed E-state index contributed by atoms with van der Waals surface area (Å²) >= 11 is 0. The van der Waals surface area contributed by atoms with Crippen molar-refractivity contribution in [1.82, 2.24) is 20.3 Å². The van der Waals surface area contributed by atoms with E-state index in [0.717, 1.165) is 82.8 Å². The Morgan fingerprint density at radius 2 is 1.06 bits per heavy atom. The number of benzene rings is 6. The van der Waals surface area contributed by atoms with E-state index in [1.165, 1.54) is 0 Å². The van der Waals surface area contributed by atoms with Crippen LogP contribution in [0.15, 0.2) is 142 Å². The summed E-state index contributed by atoms with van der Waals surface area (Å²) in [7, 11) is 0. The molecule has 3 aromatic heterocycles. The number of para-hydroxylation sites is 1. The number of nitrogens with zero attached hydrogens (tertiary/aromatic N) is 3. The maximum atomic E-state index is 6.25. The summed E-state index contributed by atoms with van der Waals surface area (Å²) in [5, 5.41) is 8.73. The minimum absolute atomic E-state index is 0.602. The Kier molecular flexibility index (Phi) is 5.84. The lowest BCUT2D eigenvalue weighted by molar-refractivity contribution is 0.592. The lowest BCUT2D eigenvalue weighted by Crippen LogP contribution is -2.09. The van der Waals surface area contributed by atoms with Crippen molar-refractivity contribution in [3.63, 3.8) is 0 Å². The first kappa shape index (κ1) is 26.7. The molecule has 6 heteroatoms. The molecule has 0 saturated heterocycles. The summed E-state index contributed by atoms with van der Waals surface area (Å²) < 4.78 is 12.5. The third kappa shape index (κ3) is 4.09. The number of hydrogen-bond donors (Lipinski definition) is 1. The normalized spacial score (nSPS) is 12.6. The van der Waals surface area contributed by atoms with Gasteiger partial charge in [-0.05, 0) is 46.2 Å². The van der Waals surface area contributed by atoms with Crippen LogP contribution in [0.25, 0.3) is 95.0 Å². The maximum Gasteiger partial charge on any atom is 0.164 e. The molecule has 0 bridgehead atoms. The molecule has 10 rings (SSSR count). The van der Waals surface area contributed by atoms with Crippen LogP contribution in [-0.2, 0) is 6.54 Å². The van der Waals surface area contributed by atoms with Crippen LogP contribution in [0.3, 0.4) is 0 Å². The van der Waals surface area contributed by atoms with Crippen molar-refractivity contribution in [3.8, 4) is 45.3 Å². The summed E-state index contributed by atoms with van der Waals surface area (Å²) in [5.74, 6) is 2.69. The third-order valence-corrected chi connectivity index (χ3v) is 9.24. The summed E-state index contributed by atoms with van der Waals surface area (Å²) in [6.07, 6.45) is 3.89. The van der Waals surface area contributed by atoms with Crippen LogP contribution >= 0.6 is 0 Å². The molecule has 48 heavy (non-hydrogen) atoms. The van der Waals surface area contributed by atoms with Crippen LogP contribution < -0.4 is 5.32 Å². The van der Waals surface area contributed by atoms with Gasteiger partial charge < -0.3 is 14.2 Å². The Bertz CT molecular complexity index is 2740. The fraction of sp³-hybridized carbons (Fsp3) is 0.0238. The van der Waals surface area contributed by atoms with Gasteiger partial charge in [0.05, 0.1) is 0 Å². The van der Waals surface area contributed by atoms with Crippen molar-refractivity contribution in [3.05, 3.63) is 145 Å². The molecule has 6 aromatic carbocycles. The summed E-state index contributed by atoms with van der Waals surface area (Å²) in [6.45, 7) is 0.671. The average Bonchev–Trinajstić information content (AvgIpc) is 3.73. The van der Waals surface area contributed by atoms with E-state index in [2.05, 4.69) is 72.0 Å². The monoisotopic (exact) mass is 618 g/mol. The Hall–Kier alpha value is -6.53. The first-order chi connectivity index (χ1) is 23.8. The van der Waals surface area contributed by atoms with Gasteiger partial charge in [0.15, 0.2) is 17.5 Å². The molecule has 6 nitrogen and oxygen atoms in total. The molecule has 1 N–H and O–H groups in total. The molecule has 0 amide bonds. The van der Waals surface area contributed by atoms with Gasteiger partial charge in [0.2, 0.25) is 0 Å². The molecule has 0 radical (unpaired) electrons. The van der Waals surface area contributed by atoms with E-state index >= 15 is 0 Å². The van der Waals surface area contributed by atoms with E-state index in [1.807, 2.05) is 72.9 Å². The van der Waals surface area contributed by atoms with Crippen LogP contribution in [0.2, 0.25) is 0 Å². The van der Waals surface area contributed by atoms with Crippen molar-refractivity contribution in [1.29, 1.82) is 0 Å². The lowest BCUT2D eigenvalue weighted by atomic mass is 9.93. The van der Waals surface area contributed by atoms with E-state index < -0.39 is 0 Å². The zero-order chi connectivity index (χ0) is 31.6. The molecule has 9 aromatic rings. The molecule has 0 fully saturated rings. The van der Waals surface area contributed by atoms with Gasteiger partial charge in [-0.25, -0.2) is 15.0 Å². The average molecular weight is 619 g/mol. The second-order valence-electron chi connectivity index (χ2n) is 12.0. The van der Waals surface area contributed by atoms with Gasteiger partial charge in [0.25, 0.3) is 0 Å². The van der Waals surface area contributed by atoms with Crippen LogP contribution in [0.4, 0.5) is 0 Å². The highest BCUT2D eigenvalue weighted by Gasteiger charge is 2.22. The molecule has 1 aliphatic heterocycles. The largest absolute Gasteiger partial charge is 0.456 e. The fourth-order valence-corrected chi connectivity index (χ4v) is 7.09. The second kappa shape index (κ2) is 10.5. The molecule has 1 aliphatic rings. The lowest BCUT2D eigenvalue weighted by Gasteiger charge is -2.13. The Labute approximate surface area is 275 Å². The van der Waals surface area contributed by atoms with Gasteiger partial charge in [0, 0.05) is 51.2 Å². The number of rotatable bonds is 4. The number of hydrogen-bond acceptors (Lipinski definition) is 6. The SMILES string of the molecule is C1=Cc2oc3cccc(-c4nc(-c5ccccc5)nc(-c5cccc6c(-c7cccc8oc9ccccc9c78)cccc56)n4)c3c2CN1. The van der Waals surface area contributed by atoms with Crippen LogP contribution in [0.5, 0.6) is 0 Å². The highest BCUT2D eigenvalue weighted by atomic mass is 16.3. The van der Waals surface area contributed by atoms with Crippen LogP contribution in [0.1, 0.15) is 11.3 Å². The highest BCUT2D eigenvalue weighted by molar-refractivity contribution is 6.16. The van der Waals surface area contributed by atoms with E-state index in [-0.39, 0.29) is 0 Å². The molecular formula is C42H26N4O2. The van der Waals surface area contributed by atoms with E-state index in [9.17, 15) is 0 Å². The fourth-order valence-electron chi connectivity index (χ4n) is 7.09.